The lowest BCUT2D eigenvalue weighted by atomic mass is 9.99. The fourth-order valence-electron chi connectivity index (χ4n) is 2.92. The lowest BCUT2D eigenvalue weighted by Crippen LogP contribution is -2.18. The summed E-state index contributed by atoms with van der Waals surface area (Å²) in [4.78, 5) is 17.2. The molecule has 0 fully saturated rings. The van der Waals surface area contributed by atoms with E-state index in [1.165, 1.54) is 0 Å². The number of nitriles is 1. The molecule has 124 valence electrons. The topological polar surface area (TPSA) is 65.8 Å². The second-order valence-electron chi connectivity index (χ2n) is 5.82. The van der Waals surface area contributed by atoms with Crippen molar-refractivity contribution in [1.29, 1.82) is 5.26 Å². The lowest BCUT2D eigenvalue weighted by Gasteiger charge is -2.14. The minimum atomic E-state index is -0.149. The molecule has 1 amide bonds. The first-order chi connectivity index (χ1) is 12.0. The molecule has 0 atom stereocenters. The Labute approximate surface area is 160 Å². The number of nitrogens with zero attached hydrogens (tertiary/aromatic N) is 2. The van der Waals surface area contributed by atoms with Crippen LogP contribution in [0.1, 0.15) is 22.4 Å². The highest BCUT2D eigenvalue weighted by atomic mass is 127. The molecule has 0 spiro atoms. The Morgan fingerprint density at radius 3 is 2.72 bits per heavy atom. The number of hydrogen-bond donors (Lipinski definition) is 1. The molecule has 1 heterocycles. The molecular weight excluding hydrogens is 425 g/mol. The molecule has 0 saturated carbocycles. The van der Waals surface area contributed by atoms with Gasteiger partial charge >= 0.3 is 0 Å². The zero-order chi connectivity index (χ0) is 18.0. The van der Waals surface area contributed by atoms with Crippen LogP contribution in [0.3, 0.4) is 0 Å². The summed E-state index contributed by atoms with van der Waals surface area (Å²) in [5.41, 5.74) is 4.83. The van der Waals surface area contributed by atoms with E-state index in [-0.39, 0.29) is 12.3 Å². The van der Waals surface area contributed by atoms with E-state index in [4.69, 9.17) is 0 Å². The van der Waals surface area contributed by atoms with Crippen LogP contribution < -0.4 is 5.32 Å². The van der Waals surface area contributed by atoms with Crippen LogP contribution in [0, 0.1) is 28.7 Å². The summed E-state index contributed by atoms with van der Waals surface area (Å²) in [6.45, 7) is 3.95. The summed E-state index contributed by atoms with van der Waals surface area (Å²) in [5.74, 6) is -0.149. The van der Waals surface area contributed by atoms with Gasteiger partial charge in [-0.1, -0.05) is 24.3 Å². The van der Waals surface area contributed by atoms with E-state index >= 15 is 0 Å². The summed E-state index contributed by atoms with van der Waals surface area (Å²) in [7, 11) is 0. The molecule has 0 aliphatic rings. The minimum Gasteiger partial charge on any atom is -0.324 e. The number of aryl methyl sites for hydroxylation is 2. The number of anilines is 1. The fraction of sp³-hybridized carbons (Fsp3) is 0.150. The molecule has 0 unspecified atom stereocenters. The third-order valence-corrected chi connectivity index (χ3v) is 5.12. The van der Waals surface area contributed by atoms with Crippen molar-refractivity contribution >= 4 is 45.1 Å². The number of hydrogen-bond acceptors (Lipinski definition) is 3. The number of fused-ring (bicyclic) bond motifs is 1. The van der Waals surface area contributed by atoms with Gasteiger partial charge < -0.3 is 5.32 Å². The van der Waals surface area contributed by atoms with E-state index < -0.39 is 0 Å². The number of para-hydroxylation sites is 2. The van der Waals surface area contributed by atoms with Gasteiger partial charge in [0.15, 0.2) is 0 Å². The van der Waals surface area contributed by atoms with Gasteiger partial charge in [0.1, 0.15) is 6.07 Å². The molecule has 2 aromatic carbocycles. The molecular formula is C20H16IN3O. The van der Waals surface area contributed by atoms with Crippen LogP contribution in [0.2, 0.25) is 0 Å². The van der Waals surface area contributed by atoms with E-state index in [9.17, 15) is 10.1 Å². The smallest absolute Gasteiger partial charge is 0.228 e. The van der Waals surface area contributed by atoms with Crippen molar-refractivity contribution in [2.75, 3.05) is 5.32 Å². The highest BCUT2D eigenvalue weighted by Crippen LogP contribution is 2.25. The van der Waals surface area contributed by atoms with Gasteiger partial charge in [0.2, 0.25) is 5.91 Å². The van der Waals surface area contributed by atoms with Gasteiger partial charge in [-0.2, -0.15) is 5.26 Å². The third-order valence-electron chi connectivity index (χ3n) is 4.22. The number of amides is 1. The minimum absolute atomic E-state index is 0.149. The summed E-state index contributed by atoms with van der Waals surface area (Å²) in [6.07, 6.45) is 0.228. The highest BCUT2D eigenvalue weighted by molar-refractivity contribution is 14.1. The van der Waals surface area contributed by atoms with E-state index in [1.54, 1.807) is 12.1 Å². The van der Waals surface area contributed by atoms with E-state index in [2.05, 4.69) is 39.0 Å². The molecule has 0 bridgehead atoms. The monoisotopic (exact) mass is 441 g/mol. The van der Waals surface area contributed by atoms with Gasteiger partial charge in [-0.3, -0.25) is 9.78 Å². The molecule has 0 aliphatic carbocycles. The van der Waals surface area contributed by atoms with Gasteiger partial charge in [0.05, 0.1) is 23.2 Å². The highest BCUT2D eigenvalue weighted by Gasteiger charge is 2.15. The lowest BCUT2D eigenvalue weighted by molar-refractivity contribution is -0.115. The average Bonchev–Trinajstić information content (AvgIpc) is 2.60. The van der Waals surface area contributed by atoms with Gasteiger partial charge in [-0.05, 0) is 65.8 Å². The molecule has 1 aromatic heterocycles. The maximum atomic E-state index is 12.6. The van der Waals surface area contributed by atoms with E-state index in [1.807, 2.05) is 44.2 Å². The number of pyridine rings is 1. The largest absolute Gasteiger partial charge is 0.324 e. The van der Waals surface area contributed by atoms with E-state index in [0.29, 0.717) is 11.3 Å². The Morgan fingerprint density at radius 2 is 1.96 bits per heavy atom. The molecule has 0 saturated heterocycles. The normalized spacial score (nSPS) is 10.5. The number of carbonyl (C=O) groups is 1. The van der Waals surface area contributed by atoms with Crippen molar-refractivity contribution in [2.45, 2.75) is 20.3 Å². The molecule has 4 nitrogen and oxygen atoms in total. The number of aromatic nitrogens is 1. The third kappa shape index (κ3) is 3.49. The van der Waals surface area contributed by atoms with Gasteiger partial charge in [-0.25, -0.2) is 0 Å². The van der Waals surface area contributed by atoms with Crippen molar-refractivity contribution in [3.63, 3.8) is 0 Å². The molecule has 3 rings (SSSR count). The molecule has 0 aliphatic heterocycles. The quantitative estimate of drug-likeness (QED) is 0.609. The van der Waals surface area contributed by atoms with Crippen LogP contribution in [0.4, 0.5) is 5.69 Å². The summed E-state index contributed by atoms with van der Waals surface area (Å²) >= 11 is 2.12. The second-order valence-corrected chi connectivity index (χ2v) is 6.98. The number of benzene rings is 2. The van der Waals surface area contributed by atoms with Crippen molar-refractivity contribution < 1.29 is 4.79 Å². The second kappa shape index (κ2) is 7.19. The van der Waals surface area contributed by atoms with Gasteiger partial charge in [0, 0.05) is 14.7 Å². The van der Waals surface area contributed by atoms with Crippen LogP contribution in [-0.4, -0.2) is 10.9 Å². The predicted molar refractivity (Wildman–Crippen MR) is 107 cm³/mol. The van der Waals surface area contributed by atoms with Crippen LogP contribution in [-0.2, 0) is 11.2 Å². The molecule has 0 radical (unpaired) electrons. The average molecular weight is 441 g/mol. The van der Waals surface area contributed by atoms with Crippen molar-refractivity contribution in [2.24, 2.45) is 0 Å². The Morgan fingerprint density at radius 1 is 1.20 bits per heavy atom. The van der Waals surface area contributed by atoms with Crippen molar-refractivity contribution in [3.8, 4) is 6.07 Å². The fourth-order valence-corrected chi connectivity index (χ4v) is 3.55. The molecule has 25 heavy (non-hydrogen) atoms. The summed E-state index contributed by atoms with van der Waals surface area (Å²) in [6, 6.07) is 15.4. The molecule has 5 heteroatoms. The van der Waals surface area contributed by atoms with Crippen LogP contribution in [0.5, 0.6) is 0 Å². The van der Waals surface area contributed by atoms with Crippen molar-refractivity contribution in [1.82, 2.24) is 4.98 Å². The van der Waals surface area contributed by atoms with Crippen LogP contribution in [0.15, 0.2) is 42.5 Å². The van der Waals surface area contributed by atoms with Crippen LogP contribution in [0.25, 0.3) is 10.9 Å². The Hall–Kier alpha value is -2.46. The summed E-state index contributed by atoms with van der Waals surface area (Å²) < 4.78 is 0.843. The number of rotatable bonds is 3. The maximum Gasteiger partial charge on any atom is 0.228 e. The van der Waals surface area contributed by atoms with Gasteiger partial charge in [-0.15, -0.1) is 0 Å². The predicted octanol–water partition coefficient (Wildman–Crippen LogP) is 4.51. The maximum absolute atomic E-state index is 12.6. The van der Waals surface area contributed by atoms with Gasteiger partial charge in [0.25, 0.3) is 0 Å². The Balaban J connectivity index is 1.92. The Bertz CT molecular complexity index is 1020. The summed E-state index contributed by atoms with van der Waals surface area (Å²) in [5, 5.41) is 13.2. The van der Waals surface area contributed by atoms with Crippen LogP contribution >= 0.6 is 22.6 Å². The first kappa shape index (κ1) is 17.4. The number of nitrogens with one attached hydrogen (secondary N) is 1. The molecule has 1 N–H and O–H groups in total. The zero-order valence-corrected chi connectivity index (χ0v) is 16.1. The van der Waals surface area contributed by atoms with E-state index in [0.717, 1.165) is 31.3 Å². The van der Waals surface area contributed by atoms with Crippen molar-refractivity contribution in [3.05, 3.63) is 68.4 Å². The number of carbonyl (C=O) groups excluding carboxylic acids is 1. The standard InChI is InChI=1S/C20H16IN3O/c1-12-15-7-3-4-9-18(15)23-13(2)16(12)10-19(25)24-20-14(11-22)6-5-8-17(20)21/h3-9H,10H2,1-2H3,(H,24,25). The molecule has 3 aromatic rings. The Kier molecular flexibility index (Phi) is 5.00. The SMILES string of the molecule is Cc1nc2ccccc2c(C)c1CC(=O)Nc1c(I)cccc1C#N. The first-order valence-corrected chi connectivity index (χ1v) is 8.92. The zero-order valence-electron chi connectivity index (χ0n) is 13.9. The first-order valence-electron chi connectivity index (χ1n) is 7.84. The number of halogens is 1.